The molecule has 0 spiro atoms. The van der Waals surface area contributed by atoms with E-state index < -0.39 is 12.1 Å². The molecule has 4 aromatic rings. The second kappa shape index (κ2) is 10.5. The van der Waals surface area contributed by atoms with Crippen molar-refractivity contribution in [2.45, 2.75) is 38.8 Å². The molecule has 9 heteroatoms. The number of hydrogen-bond acceptors (Lipinski definition) is 6. The third-order valence-corrected chi connectivity index (χ3v) is 7.02. The Labute approximate surface area is 220 Å². The molecule has 2 aromatic heterocycles. The summed E-state index contributed by atoms with van der Waals surface area (Å²) >= 11 is 0. The number of nitrogens with zero attached hydrogens (tertiary/aromatic N) is 3. The lowest BCUT2D eigenvalue weighted by atomic mass is 10.0. The van der Waals surface area contributed by atoms with Gasteiger partial charge in [0.15, 0.2) is 0 Å². The van der Waals surface area contributed by atoms with Crippen LogP contribution in [0.2, 0.25) is 0 Å². The predicted octanol–water partition coefficient (Wildman–Crippen LogP) is 5.04. The van der Waals surface area contributed by atoms with Crippen molar-refractivity contribution in [3.05, 3.63) is 66.7 Å². The summed E-state index contributed by atoms with van der Waals surface area (Å²) < 4.78 is 4.72. The molecule has 0 bridgehead atoms. The number of ether oxygens (including phenoxy) is 1. The van der Waals surface area contributed by atoms with Gasteiger partial charge in [-0.05, 0) is 42.5 Å². The van der Waals surface area contributed by atoms with Crippen molar-refractivity contribution in [3.63, 3.8) is 0 Å². The maximum atomic E-state index is 13.4. The lowest BCUT2D eigenvalue weighted by Gasteiger charge is -2.29. The summed E-state index contributed by atoms with van der Waals surface area (Å²) in [5.74, 6) is 0.716. The molecule has 3 N–H and O–H groups in total. The van der Waals surface area contributed by atoms with Crippen molar-refractivity contribution < 1.29 is 19.4 Å². The van der Waals surface area contributed by atoms with Gasteiger partial charge < -0.3 is 25.0 Å². The maximum absolute atomic E-state index is 13.4. The second-order valence-corrected chi connectivity index (χ2v) is 9.90. The van der Waals surface area contributed by atoms with Crippen LogP contribution in [0.15, 0.2) is 60.9 Å². The zero-order chi connectivity index (χ0) is 26.8. The number of likely N-dealkylation sites (tertiary alicyclic amines) is 1. The summed E-state index contributed by atoms with van der Waals surface area (Å²) in [5.41, 5.74) is 4.51. The van der Waals surface area contributed by atoms with Gasteiger partial charge in [0, 0.05) is 41.5 Å². The molecule has 0 saturated carbocycles. The van der Waals surface area contributed by atoms with Crippen molar-refractivity contribution in [2.24, 2.45) is 5.92 Å². The summed E-state index contributed by atoms with van der Waals surface area (Å²) in [6, 6.07) is 14.5. The minimum atomic E-state index is -0.666. The normalized spacial score (nSPS) is 16.1. The van der Waals surface area contributed by atoms with Crippen molar-refractivity contribution in [1.29, 1.82) is 0 Å². The molecular weight excluding hydrogens is 482 g/mol. The molecule has 1 aliphatic heterocycles. The summed E-state index contributed by atoms with van der Waals surface area (Å²) in [7, 11) is 1.29. The van der Waals surface area contributed by atoms with E-state index in [0.29, 0.717) is 6.54 Å². The molecular formula is C29H31N5O4. The third kappa shape index (κ3) is 5.04. The van der Waals surface area contributed by atoms with E-state index in [9.17, 15) is 14.7 Å². The summed E-state index contributed by atoms with van der Waals surface area (Å²) in [4.78, 5) is 39.6. The molecule has 0 radical (unpaired) electrons. The van der Waals surface area contributed by atoms with E-state index >= 15 is 0 Å². The molecule has 1 fully saturated rings. The van der Waals surface area contributed by atoms with E-state index in [1.807, 2.05) is 50.4 Å². The number of carbonyl (C=O) groups is 2. The number of hydrogen-bond donors (Lipinski definition) is 3. The molecule has 1 unspecified atom stereocenters. The number of phenolic OH excluding ortho intramolecular Hbond substituents is 1. The minimum absolute atomic E-state index is 0.0847. The first-order valence-corrected chi connectivity index (χ1v) is 12.7. The number of carbonyl (C=O) groups excluding carboxylic acids is 2. The number of alkyl carbamates (subject to hydrolysis) is 1. The molecule has 196 valence electrons. The van der Waals surface area contributed by atoms with Crippen LogP contribution in [0, 0.1) is 5.92 Å². The number of aromatic nitrogens is 3. The molecule has 2 aromatic carbocycles. The minimum Gasteiger partial charge on any atom is -0.508 e. The number of imidazole rings is 1. The smallest absolute Gasteiger partial charge is 0.407 e. The monoisotopic (exact) mass is 513 g/mol. The number of fused-ring (bicyclic) bond motifs is 1. The zero-order valence-corrected chi connectivity index (χ0v) is 21.6. The standard InChI is InChI=1S/C29H31N5O4/c1-17(2)26(33-29(37)38-3)28(36)34-12-4-5-25(34)27-31-16-24(32-27)19-8-6-18(7-9-19)21-13-20-10-11-22(35)14-23(20)30-15-21/h6-11,13-17,25-26,35H,4-5,12H2,1-3H3,(H,31,32)(H,33,37)/t25?,26-/m0/s1. The molecule has 9 nitrogen and oxygen atoms in total. The van der Waals surface area contributed by atoms with Gasteiger partial charge in [-0.1, -0.05) is 38.1 Å². The number of rotatable bonds is 6. The number of aromatic hydroxyl groups is 1. The van der Waals surface area contributed by atoms with Crippen LogP contribution in [0.3, 0.4) is 0 Å². The summed E-state index contributed by atoms with van der Waals surface area (Å²) in [5, 5.41) is 13.3. The molecule has 2 atom stereocenters. The Hall–Kier alpha value is -4.40. The number of aromatic amines is 1. The molecule has 2 amide bonds. The first-order chi connectivity index (χ1) is 18.3. The number of benzene rings is 2. The molecule has 3 heterocycles. The number of pyridine rings is 1. The van der Waals surface area contributed by atoms with E-state index in [1.165, 1.54) is 7.11 Å². The van der Waals surface area contributed by atoms with Crippen molar-refractivity contribution >= 4 is 22.9 Å². The lowest BCUT2D eigenvalue weighted by Crippen LogP contribution is -2.51. The van der Waals surface area contributed by atoms with E-state index in [4.69, 9.17) is 9.72 Å². The van der Waals surface area contributed by atoms with Crippen LogP contribution in [0.1, 0.15) is 38.6 Å². The Bertz CT molecular complexity index is 1460. The van der Waals surface area contributed by atoms with Gasteiger partial charge in [-0.3, -0.25) is 9.78 Å². The fraction of sp³-hybridized carbons (Fsp3) is 0.310. The maximum Gasteiger partial charge on any atom is 0.407 e. The molecule has 0 aliphatic carbocycles. The van der Waals surface area contributed by atoms with Gasteiger partial charge >= 0.3 is 6.09 Å². The molecule has 38 heavy (non-hydrogen) atoms. The Morgan fingerprint density at radius 1 is 1.11 bits per heavy atom. The molecule has 5 rings (SSSR count). The van der Waals surface area contributed by atoms with E-state index in [2.05, 4.69) is 21.4 Å². The van der Waals surface area contributed by atoms with Crippen LogP contribution in [-0.2, 0) is 9.53 Å². The fourth-order valence-corrected chi connectivity index (χ4v) is 4.95. The average Bonchev–Trinajstić information content (AvgIpc) is 3.61. The third-order valence-electron chi connectivity index (χ3n) is 7.02. The zero-order valence-electron chi connectivity index (χ0n) is 21.6. The molecule has 1 aliphatic rings. The SMILES string of the molecule is COC(=O)N[C@H](C(=O)N1CCCC1c1nc(-c2ccc(-c3cnc4cc(O)ccc4c3)cc2)c[nH]1)C(C)C. The van der Waals surface area contributed by atoms with Crippen LogP contribution in [0.25, 0.3) is 33.3 Å². The summed E-state index contributed by atoms with van der Waals surface area (Å²) in [6.45, 7) is 4.41. The highest BCUT2D eigenvalue weighted by molar-refractivity contribution is 5.87. The second-order valence-electron chi connectivity index (χ2n) is 9.90. The number of methoxy groups -OCH3 is 1. The van der Waals surface area contributed by atoms with E-state index in [-0.39, 0.29) is 23.6 Å². The van der Waals surface area contributed by atoms with Crippen LogP contribution < -0.4 is 5.32 Å². The highest BCUT2D eigenvalue weighted by Crippen LogP contribution is 2.33. The number of phenols is 1. The lowest BCUT2D eigenvalue weighted by molar-refractivity contribution is -0.135. The van der Waals surface area contributed by atoms with Crippen LogP contribution >= 0.6 is 0 Å². The first-order valence-electron chi connectivity index (χ1n) is 12.7. The quantitative estimate of drug-likeness (QED) is 0.332. The predicted molar refractivity (Wildman–Crippen MR) is 144 cm³/mol. The van der Waals surface area contributed by atoms with Crippen LogP contribution in [0.4, 0.5) is 4.79 Å². The van der Waals surface area contributed by atoms with Crippen molar-refractivity contribution in [1.82, 2.24) is 25.2 Å². The Balaban J connectivity index is 1.33. The van der Waals surface area contributed by atoms with Gasteiger partial charge in [0.05, 0.1) is 24.4 Å². The topological polar surface area (TPSA) is 120 Å². The van der Waals surface area contributed by atoms with Gasteiger partial charge in [-0.25, -0.2) is 9.78 Å². The van der Waals surface area contributed by atoms with Crippen molar-refractivity contribution in [2.75, 3.05) is 13.7 Å². The van der Waals surface area contributed by atoms with E-state index in [1.54, 1.807) is 23.2 Å². The molecule has 1 saturated heterocycles. The largest absolute Gasteiger partial charge is 0.508 e. The van der Waals surface area contributed by atoms with E-state index in [0.717, 1.165) is 52.0 Å². The Kier molecular flexibility index (Phi) is 7.00. The Morgan fingerprint density at radius 2 is 1.87 bits per heavy atom. The van der Waals surface area contributed by atoms with Gasteiger partial charge in [0.2, 0.25) is 5.91 Å². The summed E-state index contributed by atoms with van der Waals surface area (Å²) in [6.07, 6.45) is 4.71. The number of H-pyrrole nitrogens is 1. The first kappa shape index (κ1) is 25.3. The van der Waals surface area contributed by atoms with Crippen LogP contribution in [0.5, 0.6) is 5.75 Å². The van der Waals surface area contributed by atoms with Gasteiger partial charge in [0.1, 0.15) is 17.6 Å². The highest BCUT2D eigenvalue weighted by atomic mass is 16.5. The van der Waals surface area contributed by atoms with Crippen molar-refractivity contribution in [3.8, 4) is 28.1 Å². The van der Waals surface area contributed by atoms with Gasteiger partial charge in [-0.15, -0.1) is 0 Å². The van der Waals surface area contributed by atoms with Gasteiger partial charge in [0.25, 0.3) is 0 Å². The number of amides is 2. The fourth-order valence-electron chi connectivity index (χ4n) is 4.95. The van der Waals surface area contributed by atoms with Gasteiger partial charge in [-0.2, -0.15) is 0 Å². The Morgan fingerprint density at radius 3 is 2.61 bits per heavy atom. The number of nitrogens with one attached hydrogen (secondary N) is 2. The average molecular weight is 514 g/mol. The van der Waals surface area contributed by atoms with Crippen LogP contribution in [-0.4, -0.2) is 56.7 Å². The highest BCUT2D eigenvalue weighted by Gasteiger charge is 2.37.